The monoisotopic (exact) mass is 452 g/mol. The molecule has 8 heteroatoms. The third-order valence-electron chi connectivity index (χ3n) is 4.64. The molecule has 1 aromatic heterocycles. The number of aromatic nitrogens is 1. The lowest BCUT2D eigenvalue weighted by Crippen LogP contribution is -2.47. The highest BCUT2D eigenvalue weighted by molar-refractivity contribution is 7.13. The Kier molecular flexibility index (Phi) is 7.15. The Hall–Kier alpha value is -3.39. The molecule has 0 fully saturated rings. The summed E-state index contributed by atoms with van der Waals surface area (Å²) >= 11 is 1.38. The molecule has 168 valence electrons. The molecule has 0 radical (unpaired) electrons. The number of nitrogens with one attached hydrogen (secondary N) is 1. The Morgan fingerprint density at radius 1 is 1.12 bits per heavy atom. The van der Waals surface area contributed by atoms with Crippen LogP contribution in [0.3, 0.4) is 0 Å². The Labute approximate surface area is 192 Å². The van der Waals surface area contributed by atoms with Crippen LogP contribution in [0, 0.1) is 0 Å². The van der Waals surface area contributed by atoms with E-state index in [1.165, 1.54) is 16.2 Å². The van der Waals surface area contributed by atoms with E-state index in [1.54, 1.807) is 39.8 Å². The smallest absolute Gasteiger partial charge is 0.411 e. The molecule has 7 nitrogen and oxygen atoms in total. The van der Waals surface area contributed by atoms with E-state index >= 15 is 0 Å². The molecule has 0 saturated carbocycles. The Morgan fingerprint density at radius 2 is 1.78 bits per heavy atom. The number of hydrogen-bond acceptors (Lipinski definition) is 6. The SMILES string of the molecule is C[C@H](C(=O)Nc1ccc(-c2csc(N)n2)cc1)N(Cc1ccccc1)C(=O)OC(C)(C)C. The van der Waals surface area contributed by atoms with Gasteiger partial charge in [0.25, 0.3) is 0 Å². The van der Waals surface area contributed by atoms with Crippen molar-refractivity contribution in [3.63, 3.8) is 0 Å². The second-order valence-corrected chi connectivity index (χ2v) is 9.30. The van der Waals surface area contributed by atoms with Crippen LogP contribution in [-0.2, 0) is 16.1 Å². The molecule has 2 aromatic carbocycles. The van der Waals surface area contributed by atoms with Gasteiger partial charge in [-0.15, -0.1) is 11.3 Å². The summed E-state index contributed by atoms with van der Waals surface area (Å²) in [4.78, 5) is 31.6. The number of thiazole rings is 1. The minimum atomic E-state index is -0.747. The van der Waals surface area contributed by atoms with Crippen molar-refractivity contribution in [1.29, 1.82) is 0 Å². The number of anilines is 2. The molecule has 0 bridgehead atoms. The van der Waals surface area contributed by atoms with Gasteiger partial charge in [-0.1, -0.05) is 42.5 Å². The number of carbonyl (C=O) groups excluding carboxylic acids is 2. The lowest BCUT2D eigenvalue weighted by Gasteiger charge is -2.31. The maximum atomic E-state index is 13.0. The van der Waals surface area contributed by atoms with E-state index < -0.39 is 17.7 Å². The number of amides is 2. The number of carbonyl (C=O) groups is 2. The highest BCUT2D eigenvalue weighted by Gasteiger charge is 2.30. The lowest BCUT2D eigenvalue weighted by atomic mass is 10.1. The fraction of sp³-hybridized carbons (Fsp3) is 0.292. The predicted octanol–water partition coefficient (Wildman–Crippen LogP) is 5.16. The summed E-state index contributed by atoms with van der Waals surface area (Å²) in [5, 5.41) is 5.27. The number of nitrogens with zero attached hydrogens (tertiary/aromatic N) is 2. The van der Waals surface area contributed by atoms with E-state index in [0.717, 1.165) is 16.8 Å². The average molecular weight is 453 g/mol. The molecule has 0 aliphatic heterocycles. The molecule has 32 heavy (non-hydrogen) atoms. The minimum absolute atomic E-state index is 0.258. The second kappa shape index (κ2) is 9.82. The fourth-order valence-electron chi connectivity index (χ4n) is 2.99. The topological polar surface area (TPSA) is 97.5 Å². The van der Waals surface area contributed by atoms with Crippen molar-refractivity contribution < 1.29 is 14.3 Å². The molecule has 3 rings (SSSR count). The molecule has 0 aliphatic carbocycles. The van der Waals surface area contributed by atoms with Gasteiger partial charge in [-0.2, -0.15) is 0 Å². The molecule has 0 saturated heterocycles. The van der Waals surface area contributed by atoms with Crippen LogP contribution in [0.1, 0.15) is 33.3 Å². The first-order valence-electron chi connectivity index (χ1n) is 10.3. The third kappa shape index (κ3) is 6.31. The summed E-state index contributed by atoms with van der Waals surface area (Å²) in [5.74, 6) is -0.308. The standard InChI is InChI=1S/C24H28N4O3S/c1-16(28(23(30)31-24(2,3)4)14-17-8-6-5-7-9-17)21(29)26-19-12-10-18(11-13-19)20-15-32-22(25)27-20/h5-13,15-16H,14H2,1-4H3,(H2,25,27)(H,26,29)/t16-/m1/s1. The first kappa shape index (κ1) is 23.3. The Bertz CT molecular complexity index is 1060. The van der Waals surface area contributed by atoms with E-state index in [9.17, 15) is 9.59 Å². The second-order valence-electron chi connectivity index (χ2n) is 8.41. The number of ether oxygens (including phenoxy) is 1. The predicted molar refractivity (Wildman–Crippen MR) is 128 cm³/mol. The van der Waals surface area contributed by atoms with E-state index in [4.69, 9.17) is 10.5 Å². The van der Waals surface area contributed by atoms with Gasteiger partial charge in [0.1, 0.15) is 11.6 Å². The van der Waals surface area contributed by atoms with Crippen LogP contribution < -0.4 is 11.1 Å². The maximum Gasteiger partial charge on any atom is 0.411 e. The summed E-state index contributed by atoms with van der Waals surface area (Å²) in [5.41, 5.74) is 8.26. The molecular weight excluding hydrogens is 424 g/mol. The van der Waals surface area contributed by atoms with Gasteiger partial charge in [-0.3, -0.25) is 9.69 Å². The molecule has 3 N–H and O–H groups in total. The van der Waals surface area contributed by atoms with Crippen molar-refractivity contribution in [2.45, 2.75) is 45.9 Å². The number of nitrogen functional groups attached to an aromatic ring is 1. The quantitative estimate of drug-likeness (QED) is 0.539. The van der Waals surface area contributed by atoms with Gasteiger partial charge in [0.15, 0.2) is 5.13 Å². The van der Waals surface area contributed by atoms with Gasteiger partial charge in [0, 0.05) is 23.2 Å². The van der Waals surface area contributed by atoms with Crippen LogP contribution in [-0.4, -0.2) is 33.5 Å². The molecule has 3 aromatic rings. The van der Waals surface area contributed by atoms with Crippen LogP contribution in [0.2, 0.25) is 0 Å². The van der Waals surface area contributed by atoms with E-state index in [0.29, 0.717) is 10.8 Å². The zero-order chi connectivity index (χ0) is 23.3. The van der Waals surface area contributed by atoms with E-state index in [1.807, 2.05) is 47.8 Å². The van der Waals surface area contributed by atoms with Crippen molar-refractivity contribution in [2.75, 3.05) is 11.1 Å². The summed E-state index contributed by atoms with van der Waals surface area (Å²) in [7, 11) is 0. The molecular formula is C24H28N4O3S. The van der Waals surface area contributed by atoms with Crippen LogP contribution in [0.4, 0.5) is 15.6 Å². The largest absolute Gasteiger partial charge is 0.444 e. The van der Waals surface area contributed by atoms with Crippen molar-refractivity contribution >= 4 is 34.2 Å². The molecule has 0 aliphatic rings. The van der Waals surface area contributed by atoms with Gasteiger partial charge < -0.3 is 15.8 Å². The van der Waals surface area contributed by atoms with Crippen LogP contribution in [0.5, 0.6) is 0 Å². The first-order valence-corrected chi connectivity index (χ1v) is 11.2. The van der Waals surface area contributed by atoms with Gasteiger partial charge in [-0.25, -0.2) is 9.78 Å². The average Bonchev–Trinajstić information content (AvgIpc) is 3.18. The first-order chi connectivity index (χ1) is 15.1. The molecule has 0 spiro atoms. The highest BCUT2D eigenvalue weighted by atomic mass is 32.1. The Balaban J connectivity index is 1.73. The van der Waals surface area contributed by atoms with Gasteiger partial charge in [0.05, 0.1) is 5.69 Å². The van der Waals surface area contributed by atoms with Crippen LogP contribution in [0.25, 0.3) is 11.3 Å². The van der Waals surface area contributed by atoms with Gasteiger partial charge in [0.2, 0.25) is 5.91 Å². The van der Waals surface area contributed by atoms with E-state index in [-0.39, 0.29) is 12.5 Å². The van der Waals surface area contributed by atoms with Crippen molar-refractivity contribution in [1.82, 2.24) is 9.88 Å². The van der Waals surface area contributed by atoms with Crippen molar-refractivity contribution in [2.24, 2.45) is 0 Å². The highest BCUT2D eigenvalue weighted by Crippen LogP contribution is 2.24. The summed E-state index contributed by atoms with van der Waals surface area (Å²) in [6.07, 6.45) is -0.541. The van der Waals surface area contributed by atoms with Crippen molar-refractivity contribution in [3.05, 3.63) is 65.5 Å². The van der Waals surface area contributed by atoms with Gasteiger partial charge >= 0.3 is 6.09 Å². The normalized spacial score (nSPS) is 12.1. The summed E-state index contributed by atoms with van der Waals surface area (Å²) in [6, 6.07) is 16.1. The molecule has 2 amide bonds. The zero-order valence-corrected chi connectivity index (χ0v) is 19.5. The number of hydrogen-bond donors (Lipinski definition) is 2. The Morgan fingerprint density at radius 3 is 2.34 bits per heavy atom. The number of nitrogens with two attached hydrogens (primary N) is 1. The van der Waals surface area contributed by atoms with Crippen molar-refractivity contribution in [3.8, 4) is 11.3 Å². The number of rotatable bonds is 6. The molecule has 1 heterocycles. The minimum Gasteiger partial charge on any atom is -0.444 e. The summed E-state index contributed by atoms with van der Waals surface area (Å²) in [6.45, 7) is 7.35. The third-order valence-corrected chi connectivity index (χ3v) is 5.31. The maximum absolute atomic E-state index is 13.0. The molecule has 0 unspecified atom stereocenters. The fourth-order valence-corrected chi connectivity index (χ4v) is 3.57. The lowest BCUT2D eigenvalue weighted by molar-refractivity contribution is -0.121. The number of benzene rings is 2. The van der Waals surface area contributed by atoms with Crippen LogP contribution >= 0.6 is 11.3 Å². The summed E-state index contributed by atoms with van der Waals surface area (Å²) < 4.78 is 5.55. The molecule has 1 atom stereocenters. The van der Waals surface area contributed by atoms with E-state index in [2.05, 4.69) is 10.3 Å². The van der Waals surface area contributed by atoms with Crippen LogP contribution in [0.15, 0.2) is 60.0 Å². The van der Waals surface area contributed by atoms with Gasteiger partial charge in [-0.05, 0) is 45.4 Å². The zero-order valence-electron chi connectivity index (χ0n) is 18.7.